The lowest BCUT2D eigenvalue weighted by Crippen LogP contribution is -2.48. The number of fused-ring (bicyclic) bond motifs is 1. The molecule has 1 fully saturated rings. The van der Waals surface area contributed by atoms with Crippen molar-refractivity contribution in [2.75, 3.05) is 5.32 Å². The number of hydrogen-bond acceptors (Lipinski definition) is 3. The summed E-state index contributed by atoms with van der Waals surface area (Å²) in [6.45, 7) is 8.19. The van der Waals surface area contributed by atoms with Crippen LogP contribution in [0.5, 0.6) is 0 Å². The van der Waals surface area contributed by atoms with E-state index in [0.29, 0.717) is 30.9 Å². The molecule has 5 heteroatoms. The first-order valence-corrected chi connectivity index (χ1v) is 10.2. The number of likely N-dealkylation sites (tertiary alicyclic amines) is 1. The van der Waals surface area contributed by atoms with Gasteiger partial charge in [-0.05, 0) is 48.8 Å². The van der Waals surface area contributed by atoms with Crippen molar-refractivity contribution in [2.24, 2.45) is 17.8 Å². The van der Waals surface area contributed by atoms with Crippen molar-refractivity contribution >= 4 is 23.4 Å². The summed E-state index contributed by atoms with van der Waals surface area (Å²) in [5.41, 5.74) is 1.83. The van der Waals surface area contributed by atoms with E-state index in [1.165, 1.54) is 4.90 Å². The summed E-state index contributed by atoms with van der Waals surface area (Å²) >= 11 is 0. The molecule has 1 saturated heterocycles. The van der Waals surface area contributed by atoms with E-state index < -0.39 is 6.04 Å². The van der Waals surface area contributed by atoms with Crippen molar-refractivity contribution in [3.8, 4) is 0 Å². The van der Waals surface area contributed by atoms with Gasteiger partial charge in [0.1, 0.15) is 6.04 Å². The van der Waals surface area contributed by atoms with Gasteiger partial charge < -0.3 is 5.32 Å². The second kappa shape index (κ2) is 8.29. The summed E-state index contributed by atoms with van der Waals surface area (Å²) in [6.07, 6.45) is 5.55. The van der Waals surface area contributed by atoms with Gasteiger partial charge in [0.25, 0.3) is 0 Å². The van der Waals surface area contributed by atoms with Crippen molar-refractivity contribution in [1.82, 2.24) is 4.90 Å². The molecule has 1 aromatic rings. The monoisotopic (exact) mass is 382 g/mol. The number of carbonyl (C=O) groups excluding carboxylic acids is 3. The summed E-state index contributed by atoms with van der Waals surface area (Å²) in [7, 11) is 0. The molecule has 0 radical (unpaired) electrons. The van der Waals surface area contributed by atoms with Crippen molar-refractivity contribution in [3.63, 3.8) is 0 Å². The first-order chi connectivity index (χ1) is 13.3. The summed E-state index contributed by atoms with van der Waals surface area (Å²) in [5, 5.41) is 2.94. The molecule has 5 nitrogen and oxygen atoms in total. The molecule has 0 bridgehead atoms. The van der Waals surface area contributed by atoms with Crippen molar-refractivity contribution in [3.05, 3.63) is 42.0 Å². The number of anilines is 1. The molecule has 3 amide bonds. The predicted octanol–water partition coefficient (Wildman–Crippen LogP) is 4.11. The molecule has 3 unspecified atom stereocenters. The molecule has 1 aliphatic carbocycles. The van der Waals surface area contributed by atoms with Crippen LogP contribution in [0.4, 0.5) is 5.69 Å². The van der Waals surface area contributed by atoms with Crippen LogP contribution < -0.4 is 5.32 Å². The SMILES string of the molecule is CC(C)CC(C(=O)Nc1cccc(C(C)C)c1)N1C(=O)C2CC=CCC2C1=O. The maximum Gasteiger partial charge on any atom is 0.247 e. The first-order valence-electron chi connectivity index (χ1n) is 10.2. The maximum absolute atomic E-state index is 13.1. The summed E-state index contributed by atoms with van der Waals surface area (Å²) in [4.78, 5) is 40.3. The molecule has 3 rings (SSSR count). The fourth-order valence-corrected chi connectivity index (χ4v) is 4.11. The number of allylic oxidation sites excluding steroid dienone is 2. The zero-order chi connectivity index (χ0) is 20.4. The van der Waals surface area contributed by atoms with E-state index in [1.54, 1.807) is 0 Å². The largest absolute Gasteiger partial charge is 0.324 e. The Kier molecular flexibility index (Phi) is 6.01. The van der Waals surface area contributed by atoms with Gasteiger partial charge in [-0.3, -0.25) is 19.3 Å². The number of nitrogens with zero attached hydrogens (tertiary/aromatic N) is 1. The van der Waals surface area contributed by atoms with Crippen LogP contribution in [0.15, 0.2) is 36.4 Å². The molecule has 1 heterocycles. The van der Waals surface area contributed by atoms with Gasteiger partial charge >= 0.3 is 0 Å². The minimum Gasteiger partial charge on any atom is -0.324 e. The summed E-state index contributed by atoms with van der Waals surface area (Å²) < 4.78 is 0. The number of carbonyl (C=O) groups is 3. The zero-order valence-electron chi connectivity index (χ0n) is 17.1. The van der Waals surface area contributed by atoms with Crippen LogP contribution in [0.25, 0.3) is 0 Å². The Bertz CT molecular complexity index is 771. The Hall–Kier alpha value is -2.43. The molecule has 1 aliphatic heterocycles. The number of benzene rings is 1. The molecule has 1 aromatic carbocycles. The average molecular weight is 383 g/mol. The minimum atomic E-state index is -0.770. The summed E-state index contributed by atoms with van der Waals surface area (Å²) in [5.74, 6) is -0.789. The molecule has 150 valence electrons. The molecule has 1 N–H and O–H groups in total. The lowest BCUT2D eigenvalue weighted by Gasteiger charge is -2.27. The number of rotatable bonds is 6. The van der Waals surface area contributed by atoms with E-state index >= 15 is 0 Å². The van der Waals surface area contributed by atoms with Crippen LogP contribution >= 0.6 is 0 Å². The highest BCUT2D eigenvalue weighted by Crippen LogP contribution is 2.37. The number of amides is 3. The molecule has 3 atom stereocenters. The fourth-order valence-electron chi connectivity index (χ4n) is 4.11. The van der Waals surface area contributed by atoms with Crippen LogP contribution in [-0.2, 0) is 14.4 Å². The maximum atomic E-state index is 13.1. The van der Waals surface area contributed by atoms with Crippen LogP contribution in [0.1, 0.15) is 58.4 Å². The molecule has 0 aromatic heterocycles. The molecular weight excluding hydrogens is 352 g/mol. The highest BCUT2D eigenvalue weighted by molar-refractivity contribution is 6.10. The standard InChI is InChI=1S/C23H30N2O3/c1-14(2)12-20(21(26)24-17-9-7-8-16(13-17)15(3)4)25-22(27)18-10-5-6-11-19(18)23(25)28/h5-9,13-15,18-20H,10-12H2,1-4H3,(H,24,26). The van der Waals surface area contributed by atoms with E-state index in [1.807, 2.05) is 50.3 Å². The highest BCUT2D eigenvalue weighted by Gasteiger charge is 2.51. The molecule has 2 aliphatic rings. The van der Waals surface area contributed by atoms with Gasteiger partial charge in [0, 0.05) is 5.69 Å². The minimum absolute atomic E-state index is 0.180. The van der Waals surface area contributed by atoms with Gasteiger partial charge in [-0.25, -0.2) is 0 Å². The van der Waals surface area contributed by atoms with Gasteiger partial charge in [-0.2, -0.15) is 0 Å². The van der Waals surface area contributed by atoms with E-state index in [-0.39, 0.29) is 35.5 Å². The van der Waals surface area contributed by atoms with E-state index in [0.717, 1.165) is 5.56 Å². The third kappa shape index (κ3) is 4.03. The number of hydrogen-bond donors (Lipinski definition) is 1. The highest BCUT2D eigenvalue weighted by atomic mass is 16.2. The fraction of sp³-hybridized carbons (Fsp3) is 0.522. The molecule has 0 saturated carbocycles. The van der Waals surface area contributed by atoms with Gasteiger partial charge in [-0.1, -0.05) is 52.0 Å². The Morgan fingerprint density at radius 1 is 1.07 bits per heavy atom. The Morgan fingerprint density at radius 3 is 2.21 bits per heavy atom. The van der Waals surface area contributed by atoms with Gasteiger partial charge in [-0.15, -0.1) is 0 Å². The third-order valence-electron chi connectivity index (χ3n) is 5.67. The van der Waals surface area contributed by atoms with Crippen molar-refractivity contribution in [1.29, 1.82) is 0 Å². The van der Waals surface area contributed by atoms with E-state index in [9.17, 15) is 14.4 Å². The van der Waals surface area contributed by atoms with Crippen LogP contribution in [-0.4, -0.2) is 28.7 Å². The first kappa shape index (κ1) is 20.3. The molecular formula is C23H30N2O3. The van der Waals surface area contributed by atoms with Crippen molar-refractivity contribution in [2.45, 2.75) is 58.9 Å². The molecule has 28 heavy (non-hydrogen) atoms. The third-order valence-corrected chi connectivity index (χ3v) is 5.67. The van der Waals surface area contributed by atoms with Gasteiger partial charge in [0.15, 0.2) is 0 Å². The van der Waals surface area contributed by atoms with Crippen LogP contribution in [0, 0.1) is 17.8 Å². The summed E-state index contributed by atoms with van der Waals surface area (Å²) in [6, 6.07) is 6.96. The van der Waals surface area contributed by atoms with Crippen molar-refractivity contribution < 1.29 is 14.4 Å². The van der Waals surface area contributed by atoms with Crippen LogP contribution in [0.3, 0.4) is 0 Å². The Labute approximate surface area is 167 Å². The molecule has 0 spiro atoms. The average Bonchev–Trinajstić information content (AvgIpc) is 2.91. The van der Waals surface area contributed by atoms with E-state index in [4.69, 9.17) is 0 Å². The number of imide groups is 1. The smallest absolute Gasteiger partial charge is 0.247 e. The second-order valence-electron chi connectivity index (χ2n) is 8.62. The predicted molar refractivity (Wildman–Crippen MR) is 110 cm³/mol. The zero-order valence-corrected chi connectivity index (χ0v) is 17.1. The lowest BCUT2D eigenvalue weighted by atomic mass is 9.85. The van der Waals surface area contributed by atoms with Gasteiger partial charge in [0.2, 0.25) is 17.7 Å². The van der Waals surface area contributed by atoms with E-state index in [2.05, 4.69) is 19.2 Å². The topological polar surface area (TPSA) is 66.5 Å². The number of nitrogens with one attached hydrogen (secondary N) is 1. The lowest BCUT2D eigenvalue weighted by molar-refractivity contribution is -0.147. The van der Waals surface area contributed by atoms with Crippen LogP contribution in [0.2, 0.25) is 0 Å². The second-order valence-corrected chi connectivity index (χ2v) is 8.62. The Balaban J connectivity index is 1.84. The normalized spacial score (nSPS) is 22.7. The quantitative estimate of drug-likeness (QED) is 0.595. The van der Waals surface area contributed by atoms with Gasteiger partial charge in [0.05, 0.1) is 11.8 Å². The Morgan fingerprint density at radius 2 is 1.68 bits per heavy atom.